The van der Waals surface area contributed by atoms with E-state index in [1.807, 2.05) is 0 Å². The molecule has 0 aliphatic carbocycles. The SMILES string of the molecule is NC(=O)CCNCc1ccccc1C(=O)O. The number of benzene rings is 1. The fourth-order valence-electron chi connectivity index (χ4n) is 1.32. The zero-order valence-electron chi connectivity index (χ0n) is 8.77. The Labute approximate surface area is 93.3 Å². The van der Waals surface area contributed by atoms with Gasteiger partial charge in [-0.2, -0.15) is 0 Å². The van der Waals surface area contributed by atoms with Crippen molar-refractivity contribution in [3.8, 4) is 0 Å². The Morgan fingerprint density at radius 2 is 2.00 bits per heavy atom. The van der Waals surface area contributed by atoms with Crippen molar-refractivity contribution in [3.05, 3.63) is 35.4 Å². The van der Waals surface area contributed by atoms with E-state index in [-0.39, 0.29) is 17.9 Å². The van der Waals surface area contributed by atoms with Crippen LogP contribution in [0.4, 0.5) is 0 Å². The van der Waals surface area contributed by atoms with Crippen molar-refractivity contribution in [1.29, 1.82) is 0 Å². The molecule has 4 N–H and O–H groups in total. The van der Waals surface area contributed by atoms with Crippen LogP contribution < -0.4 is 11.1 Å². The maximum atomic E-state index is 10.9. The molecule has 1 aromatic rings. The van der Waals surface area contributed by atoms with Crippen molar-refractivity contribution in [2.24, 2.45) is 5.73 Å². The van der Waals surface area contributed by atoms with E-state index < -0.39 is 5.97 Å². The first-order valence-electron chi connectivity index (χ1n) is 4.91. The first-order valence-corrected chi connectivity index (χ1v) is 4.91. The van der Waals surface area contributed by atoms with Crippen LogP contribution in [0.3, 0.4) is 0 Å². The highest BCUT2D eigenvalue weighted by Gasteiger charge is 2.07. The van der Waals surface area contributed by atoms with Gasteiger partial charge in [-0.05, 0) is 11.6 Å². The van der Waals surface area contributed by atoms with Crippen molar-refractivity contribution in [1.82, 2.24) is 5.32 Å². The zero-order valence-corrected chi connectivity index (χ0v) is 8.77. The molecule has 0 unspecified atom stereocenters. The molecule has 0 aromatic heterocycles. The van der Waals surface area contributed by atoms with Gasteiger partial charge in [0.05, 0.1) is 5.56 Å². The molecule has 0 atom stereocenters. The normalized spacial score (nSPS) is 10.0. The van der Waals surface area contributed by atoms with E-state index in [1.54, 1.807) is 24.3 Å². The van der Waals surface area contributed by atoms with Crippen LogP contribution in [-0.4, -0.2) is 23.5 Å². The predicted octanol–water partition coefficient (Wildman–Crippen LogP) is 0.350. The first kappa shape index (κ1) is 12.2. The second-order valence-electron chi connectivity index (χ2n) is 3.36. The average Bonchev–Trinajstić information content (AvgIpc) is 2.24. The Hall–Kier alpha value is -1.88. The second kappa shape index (κ2) is 5.87. The minimum absolute atomic E-state index is 0.245. The van der Waals surface area contributed by atoms with Gasteiger partial charge in [-0.15, -0.1) is 0 Å². The zero-order chi connectivity index (χ0) is 12.0. The van der Waals surface area contributed by atoms with E-state index in [2.05, 4.69) is 5.32 Å². The number of nitrogens with two attached hydrogens (primary N) is 1. The first-order chi connectivity index (χ1) is 7.61. The van der Waals surface area contributed by atoms with Crippen LogP contribution in [0, 0.1) is 0 Å². The number of carbonyl (C=O) groups excluding carboxylic acids is 1. The van der Waals surface area contributed by atoms with Crippen LogP contribution in [0.15, 0.2) is 24.3 Å². The van der Waals surface area contributed by atoms with Crippen molar-refractivity contribution < 1.29 is 14.7 Å². The highest BCUT2D eigenvalue weighted by Crippen LogP contribution is 2.08. The van der Waals surface area contributed by atoms with E-state index in [0.29, 0.717) is 18.7 Å². The van der Waals surface area contributed by atoms with Crippen LogP contribution in [0.25, 0.3) is 0 Å². The largest absolute Gasteiger partial charge is 0.478 e. The monoisotopic (exact) mass is 222 g/mol. The van der Waals surface area contributed by atoms with Gasteiger partial charge in [-0.3, -0.25) is 4.79 Å². The summed E-state index contributed by atoms with van der Waals surface area (Å²) in [7, 11) is 0. The van der Waals surface area contributed by atoms with Gasteiger partial charge in [0.15, 0.2) is 0 Å². The summed E-state index contributed by atoms with van der Waals surface area (Å²) < 4.78 is 0. The number of amides is 1. The van der Waals surface area contributed by atoms with E-state index in [4.69, 9.17) is 10.8 Å². The molecule has 1 aromatic carbocycles. The van der Waals surface area contributed by atoms with Crippen molar-refractivity contribution in [3.63, 3.8) is 0 Å². The predicted molar refractivity (Wildman–Crippen MR) is 58.9 cm³/mol. The number of aromatic carboxylic acids is 1. The topological polar surface area (TPSA) is 92.4 Å². The Morgan fingerprint density at radius 3 is 2.62 bits per heavy atom. The van der Waals surface area contributed by atoms with E-state index in [1.165, 1.54) is 0 Å². The van der Waals surface area contributed by atoms with E-state index in [0.717, 1.165) is 0 Å². The van der Waals surface area contributed by atoms with Gasteiger partial charge >= 0.3 is 5.97 Å². The Morgan fingerprint density at radius 1 is 1.31 bits per heavy atom. The molecule has 86 valence electrons. The third-order valence-electron chi connectivity index (χ3n) is 2.11. The lowest BCUT2D eigenvalue weighted by atomic mass is 10.1. The minimum Gasteiger partial charge on any atom is -0.478 e. The number of carboxylic acids is 1. The number of primary amides is 1. The molecule has 0 aliphatic rings. The average molecular weight is 222 g/mol. The molecule has 1 amide bonds. The number of nitrogens with one attached hydrogen (secondary N) is 1. The molecule has 0 bridgehead atoms. The standard InChI is InChI=1S/C11H14N2O3/c12-10(14)5-6-13-7-8-3-1-2-4-9(8)11(15)16/h1-4,13H,5-7H2,(H2,12,14)(H,15,16). The van der Waals surface area contributed by atoms with Crippen molar-refractivity contribution >= 4 is 11.9 Å². The van der Waals surface area contributed by atoms with Crippen LogP contribution in [-0.2, 0) is 11.3 Å². The van der Waals surface area contributed by atoms with Gasteiger partial charge in [-0.25, -0.2) is 4.79 Å². The maximum absolute atomic E-state index is 10.9. The number of carboxylic acid groups (broad SMARTS) is 1. The highest BCUT2D eigenvalue weighted by atomic mass is 16.4. The molecule has 0 fully saturated rings. The van der Waals surface area contributed by atoms with Gasteiger partial charge in [0.25, 0.3) is 0 Å². The summed E-state index contributed by atoms with van der Waals surface area (Å²) in [5, 5.41) is 11.9. The molecular formula is C11H14N2O3. The maximum Gasteiger partial charge on any atom is 0.336 e. The molecule has 0 saturated heterocycles. The van der Waals surface area contributed by atoms with Gasteiger partial charge in [0, 0.05) is 19.5 Å². The molecule has 0 aliphatic heterocycles. The van der Waals surface area contributed by atoms with Gasteiger partial charge in [0.2, 0.25) is 5.91 Å². The number of hydrogen-bond donors (Lipinski definition) is 3. The number of rotatable bonds is 6. The summed E-state index contributed by atoms with van der Waals surface area (Å²) in [5.41, 5.74) is 5.94. The molecule has 16 heavy (non-hydrogen) atoms. The van der Waals surface area contributed by atoms with E-state index >= 15 is 0 Å². The highest BCUT2D eigenvalue weighted by molar-refractivity contribution is 5.89. The summed E-state index contributed by atoms with van der Waals surface area (Å²) in [5.74, 6) is -1.33. The lowest BCUT2D eigenvalue weighted by Gasteiger charge is -2.06. The molecule has 0 spiro atoms. The summed E-state index contributed by atoms with van der Waals surface area (Å²) in [6.45, 7) is 0.860. The second-order valence-corrected chi connectivity index (χ2v) is 3.36. The minimum atomic E-state index is -0.952. The molecular weight excluding hydrogens is 208 g/mol. The summed E-state index contributed by atoms with van der Waals surface area (Å²) >= 11 is 0. The Bertz CT molecular complexity index is 391. The van der Waals surface area contributed by atoms with E-state index in [9.17, 15) is 9.59 Å². The fourth-order valence-corrected chi connectivity index (χ4v) is 1.32. The lowest BCUT2D eigenvalue weighted by Crippen LogP contribution is -2.22. The number of carbonyl (C=O) groups is 2. The van der Waals surface area contributed by atoms with Crippen LogP contribution >= 0.6 is 0 Å². The Kier molecular flexibility index (Phi) is 4.47. The molecule has 5 heteroatoms. The summed E-state index contributed by atoms with van der Waals surface area (Å²) in [4.78, 5) is 21.3. The van der Waals surface area contributed by atoms with Gasteiger partial charge in [-0.1, -0.05) is 18.2 Å². The Balaban J connectivity index is 2.53. The summed E-state index contributed by atoms with van der Waals surface area (Å²) in [6, 6.07) is 6.74. The molecule has 0 radical (unpaired) electrons. The van der Waals surface area contributed by atoms with Gasteiger partial charge < -0.3 is 16.2 Å². The van der Waals surface area contributed by atoms with Crippen LogP contribution in [0.5, 0.6) is 0 Å². The molecule has 1 rings (SSSR count). The van der Waals surface area contributed by atoms with Crippen molar-refractivity contribution in [2.75, 3.05) is 6.54 Å². The smallest absolute Gasteiger partial charge is 0.336 e. The lowest BCUT2D eigenvalue weighted by molar-refractivity contribution is -0.117. The molecule has 0 heterocycles. The fraction of sp³-hybridized carbons (Fsp3) is 0.273. The van der Waals surface area contributed by atoms with Crippen LogP contribution in [0.2, 0.25) is 0 Å². The third-order valence-corrected chi connectivity index (χ3v) is 2.11. The third kappa shape index (κ3) is 3.70. The molecule has 0 saturated carbocycles. The summed E-state index contributed by atoms with van der Waals surface area (Å²) in [6.07, 6.45) is 0.245. The van der Waals surface area contributed by atoms with Gasteiger partial charge in [0.1, 0.15) is 0 Å². The van der Waals surface area contributed by atoms with Crippen LogP contribution in [0.1, 0.15) is 22.3 Å². The number of hydrogen-bond acceptors (Lipinski definition) is 3. The van der Waals surface area contributed by atoms with Crippen molar-refractivity contribution in [2.45, 2.75) is 13.0 Å². The quantitative estimate of drug-likeness (QED) is 0.605. The molecule has 5 nitrogen and oxygen atoms in total.